The topological polar surface area (TPSA) is 15.3 Å². The van der Waals surface area contributed by atoms with E-state index in [1.165, 1.54) is 11.3 Å². The van der Waals surface area contributed by atoms with Gasteiger partial charge in [0, 0.05) is 29.3 Å². The number of rotatable bonds is 8. The van der Waals surface area contributed by atoms with Gasteiger partial charge in [-0.25, -0.2) is 0 Å². The van der Waals surface area contributed by atoms with E-state index >= 15 is 0 Å². The van der Waals surface area contributed by atoms with Gasteiger partial charge in [-0.05, 0) is 49.9 Å². The van der Waals surface area contributed by atoms with Gasteiger partial charge in [-0.1, -0.05) is 49.7 Å². The molecule has 0 atom stereocenters. The maximum absolute atomic E-state index is 3.62. The van der Waals surface area contributed by atoms with E-state index in [4.69, 9.17) is 0 Å². The molecule has 1 aromatic rings. The maximum Gasteiger partial charge on any atom is 0.0425 e. The van der Waals surface area contributed by atoms with Crippen molar-refractivity contribution < 1.29 is 0 Å². The number of nitrogens with zero attached hydrogens (tertiary/aromatic N) is 1. The van der Waals surface area contributed by atoms with Crippen molar-refractivity contribution in [2.24, 2.45) is 11.8 Å². The van der Waals surface area contributed by atoms with E-state index < -0.39 is 0 Å². The lowest BCUT2D eigenvalue weighted by Crippen LogP contribution is -2.35. The minimum absolute atomic E-state index is 0.505. The number of hydrogen-bond donors (Lipinski definition) is 1. The summed E-state index contributed by atoms with van der Waals surface area (Å²) in [6.07, 6.45) is 0. The zero-order chi connectivity index (χ0) is 16.0. The van der Waals surface area contributed by atoms with Crippen molar-refractivity contribution >= 4 is 21.6 Å². The van der Waals surface area contributed by atoms with Gasteiger partial charge in [0.25, 0.3) is 0 Å². The lowest BCUT2D eigenvalue weighted by Gasteiger charge is -2.33. The smallest absolute Gasteiger partial charge is 0.0425 e. The molecule has 0 spiro atoms. The van der Waals surface area contributed by atoms with Gasteiger partial charge < -0.3 is 10.2 Å². The molecule has 21 heavy (non-hydrogen) atoms. The third-order valence-corrected chi connectivity index (χ3v) is 3.90. The third kappa shape index (κ3) is 6.39. The fourth-order valence-corrected chi connectivity index (χ4v) is 2.78. The van der Waals surface area contributed by atoms with Crippen molar-refractivity contribution in [3.63, 3.8) is 0 Å². The number of nitrogens with one attached hydrogen (secondary N) is 1. The summed E-state index contributed by atoms with van der Waals surface area (Å²) >= 11 is 3.62. The van der Waals surface area contributed by atoms with E-state index in [0.29, 0.717) is 17.9 Å². The van der Waals surface area contributed by atoms with Crippen molar-refractivity contribution in [1.29, 1.82) is 0 Å². The first-order chi connectivity index (χ1) is 9.81. The summed E-state index contributed by atoms with van der Waals surface area (Å²) in [5.41, 5.74) is 2.73. The second kappa shape index (κ2) is 8.79. The van der Waals surface area contributed by atoms with Crippen LogP contribution in [0.4, 0.5) is 5.69 Å². The quantitative estimate of drug-likeness (QED) is 0.701. The molecule has 1 aromatic carbocycles. The van der Waals surface area contributed by atoms with Crippen LogP contribution in [0, 0.1) is 11.8 Å². The number of benzene rings is 1. The molecule has 0 unspecified atom stereocenters. The number of anilines is 1. The summed E-state index contributed by atoms with van der Waals surface area (Å²) in [4.78, 5) is 2.52. The molecule has 3 heteroatoms. The van der Waals surface area contributed by atoms with Crippen LogP contribution in [0.15, 0.2) is 22.7 Å². The highest BCUT2D eigenvalue weighted by Crippen LogP contribution is 2.27. The van der Waals surface area contributed by atoms with Gasteiger partial charge in [0.1, 0.15) is 0 Å². The molecule has 1 N–H and O–H groups in total. The predicted molar refractivity (Wildman–Crippen MR) is 98.0 cm³/mol. The second-order valence-electron chi connectivity index (χ2n) is 6.94. The summed E-state index contributed by atoms with van der Waals surface area (Å²) < 4.78 is 1.15. The van der Waals surface area contributed by atoms with Gasteiger partial charge in [0.05, 0.1) is 0 Å². The van der Waals surface area contributed by atoms with E-state index in [1.807, 2.05) is 0 Å². The molecule has 0 saturated heterocycles. The molecule has 0 aliphatic rings. The zero-order valence-corrected chi connectivity index (χ0v) is 16.0. The highest BCUT2D eigenvalue weighted by atomic mass is 79.9. The summed E-state index contributed by atoms with van der Waals surface area (Å²) in [7, 11) is 0. The summed E-state index contributed by atoms with van der Waals surface area (Å²) in [6.45, 7) is 16.7. The minimum atomic E-state index is 0.505. The molecule has 0 amide bonds. The predicted octanol–water partition coefficient (Wildman–Crippen LogP) is 5.07. The molecule has 0 radical (unpaired) electrons. The standard InChI is InChI=1S/C18H31BrN2/c1-13(2)10-20-11-16-7-8-17(19)9-18(16)21(15(5)6)12-14(3)4/h7-9,13-15,20H,10-12H2,1-6H3. The first-order valence-electron chi connectivity index (χ1n) is 8.07. The molecule has 2 nitrogen and oxygen atoms in total. The average Bonchev–Trinajstić information content (AvgIpc) is 2.37. The van der Waals surface area contributed by atoms with Crippen LogP contribution < -0.4 is 10.2 Å². The van der Waals surface area contributed by atoms with Crippen LogP contribution in [-0.4, -0.2) is 19.1 Å². The molecule has 0 fully saturated rings. The third-order valence-electron chi connectivity index (χ3n) is 3.41. The Morgan fingerprint density at radius 2 is 1.71 bits per heavy atom. The highest BCUT2D eigenvalue weighted by Gasteiger charge is 2.16. The van der Waals surface area contributed by atoms with Crippen LogP contribution in [0.1, 0.15) is 47.1 Å². The molecule has 0 aliphatic carbocycles. The molecule has 120 valence electrons. The maximum atomic E-state index is 3.62. The average molecular weight is 355 g/mol. The van der Waals surface area contributed by atoms with E-state index in [0.717, 1.165) is 24.1 Å². The fraction of sp³-hybridized carbons (Fsp3) is 0.667. The number of hydrogen-bond acceptors (Lipinski definition) is 2. The van der Waals surface area contributed by atoms with Gasteiger partial charge in [-0.3, -0.25) is 0 Å². The molecule has 0 aromatic heterocycles. The number of halogens is 1. The minimum Gasteiger partial charge on any atom is -0.369 e. The molecular formula is C18H31BrN2. The van der Waals surface area contributed by atoms with E-state index in [-0.39, 0.29) is 0 Å². The molecule has 0 bridgehead atoms. The normalized spacial score (nSPS) is 11.7. The van der Waals surface area contributed by atoms with Crippen LogP contribution in [-0.2, 0) is 6.54 Å². The van der Waals surface area contributed by atoms with Crippen molar-refractivity contribution in [2.75, 3.05) is 18.0 Å². The Morgan fingerprint density at radius 3 is 2.24 bits per heavy atom. The lowest BCUT2D eigenvalue weighted by atomic mass is 10.1. The van der Waals surface area contributed by atoms with E-state index in [9.17, 15) is 0 Å². The highest BCUT2D eigenvalue weighted by molar-refractivity contribution is 9.10. The summed E-state index contributed by atoms with van der Waals surface area (Å²) in [5.74, 6) is 1.34. The van der Waals surface area contributed by atoms with Gasteiger partial charge in [-0.15, -0.1) is 0 Å². The lowest BCUT2D eigenvalue weighted by molar-refractivity contribution is 0.545. The van der Waals surface area contributed by atoms with Crippen molar-refractivity contribution in [1.82, 2.24) is 5.32 Å². The second-order valence-corrected chi connectivity index (χ2v) is 7.85. The SMILES string of the molecule is CC(C)CNCc1ccc(Br)cc1N(CC(C)C)C(C)C. The van der Waals surface area contributed by atoms with E-state index in [2.05, 4.69) is 85.9 Å². The van der Waals surface area contributed by atoms with Gasteiger partial charge in [-0.2, -0.15) is 0 Å². The van der Waals surface area contributed by atoms with Gasteiger partial charge >= 0.3 is 0 Å². The van der Waals surface area contributed by atoms with Crippen LogP contribution >= 0.6 is 15.9 Å². The molecule has 1 rings (SSSR count). The Kier molecular flexibility index (Phi) is 7.75. The zero-order valence-electron chi connectivity index (χ0n) is 14.4. The molecule has 0 aliphatic heterocycles. The Labute approximate surface area is 139 Å². The Hall–Kier alpha value is -0.540. The molecular weight excluding hydrogens is 324 g/mol. The van der Waals surface area contributed by atoms with Crippen LogP contribution in [0.3, 0.4) is 0 Å². The fourth-order valence-electron chi connectivity index (χ4n) is 2.43. The Morgan fingerprint density at radius 1 is 1.05 bits per heavy atom. The summed E-state index contributed by atoms with van der Waals surface area (Å²) in [5, 5.41) is 3.57. The van der Waals surface area contributed by atoms with Gasteiger partial charge in [0.2, 0.25) is 0 Å². The van der Waals surface area contributed by atoms with Crippen molar-refractivity contribution in [3.05, 3.63) is 28.2 Å². The van der Waals surface area contributed by atoms with Crippen molar-refractivity contribution in [3.8, 4) is 0 Å². The van der Waals surface area contributed by atoms with Crippen LogP contribution in [0.5, 0.6) is 0 Å². The first-order valence-corrected chi connectivity index (χ1v) is 8.86. The largest absolute Gasteiger partial charge is 0.369 e. The Balaban J connectivity index is 2.97. The monoisotopic (exact) mass is 354 g/mol. The van der Waals surface area contributed by atoms with E-state index in [1.54, 1.807) is 0 Å². The summed E-state index contributed by atoms with van der Waals surface area (Å²) in [6, 6.07) is 7.15. The first kappa shape index (κ1) is 18.5. The molecule has 0 saturated carbocycles. The van der Waals surface area contributed by atoms with Crippen LogP contribution in [0.25, 0.3) is 0 Å². The van der Waals surface area contributed by atoms with Gasteiger partial charge in [0.15, 0.2) is 0 Å². The van der Waals surface area contributed by atoms with Crippen LogP contribution in [0.2, 0.25) is 0 Å². The molecule has 0 heterocycles. The van der Waals surface area contributed by atoms with Crippen molar-refractivity contribution in [2.45, 2.75) is 54.1 Å². The Bertz CT molecular complexity index is 427.